The lowest BCUT2D eigenvalue weighted by molar-refractivity contribution is -0.275. The molecule has 2 aromatic carbocycles. The average Bonchev–Trinajstić information content (AvgIpc) is 3.58. The molecule has 0 saturated heterocycles. The molecular formula is C22H17F4N3O3. The summed E-state index contributed by atoms with van der Waals surface area (Å²) in [6.45, 7) is 0. The monoisotopic (exact) mass is 447 g/mol. The lowest BCUT2D eigenvalue weighted by Crippen LogP contribution is -2.31. The molecule has 0 bridgehead atoms. The van der Waals surface area contributed by atoms with E-state index in [1.54, 1.807) is 30.3 Å². The van der Waals surface area contributed by atoms with Crippen molar-refractivity contribution in [1.82, 2.24) is 15.3 Å². The minimum absolute atomic E-state index is 0.0108. The van der Waals surface area contributed by atoms with E-state index in [2.05, 4.69) is 20.0 Å². The fourth-order valence-corrected chi connectivity index (χ4v) is 3.34. The molecule has 3 aromatic rings. The van der Waals surface area contributed by atoms with E-state index in [4.69, 9.17) is 0 Å². The zero-order valence-electron chi connectivity index (χ0n) is 16.4. The number of benzene rings is 2. The number of carbonyl (C=O) groups is 1. The summed E-state index contributed by atoms with van der Waals surface area (Å²) in [5.74, 6) is -2.60. The van der Waals surface area contributed by atoms with Gasteiger partial charge in [0.05, 0.1) is 6.04 Å². The number of nitrogens with one attached hydrogen (secondary N) is 2. The van der Waals surface area contributed by atoms with Gasteiger partial charge in [0.1, 0.15) is 11.5 Å². The van der Waals surface area contributed by atoms with Crippen LogP contribution >= 0.6 is 0 Å². The maximum absolute atomic E-state index is 14.2. The number of nitrogens with zero attached hydrogens (tertiary/aromatic N) is 1. The van der Waals surface area contributed by atoms with Gasteiger partial charge in [-0.2, -0.15) is 0 Å². The van der Waals surface area contributed by atoms with Gasteiger partial charge in [0.25, 0.3) is 11.5 Å². The predicted octanol–water partition coefficient (Wildman–Crippen LogP) is 4.36. The summed E-state index contributed by atoms with van der Waals surface area (Å²) in [6.07, 6.45) is -3.51. The molecule has 1 saturated carbocycles. The second-order valence-corrected chi connectivity index (χ2v) is 7.37. The third kappa shape index (κ3) is 5.13. The van der Waals surface area contributed by atoms with Gasteiger partial charge in [-0.25, -0.2) is 9.37 Å². The van der Waals surface area contributed by atoms with Crippen molar-refractivity contribution in [3.63, 3.8) is 0 Å². The number of alkyl halides is 3. The van der Waals surface area contributed by atoms with Gasteiger partial charge in [-0.3, -0.25) is 9.59 Å². The topological polar surface area (TPSA) is 84.1 Å². The fourth-order valence-electron chi connectivity index (χ4n) is 3.34. The van der Waals surface area contributed by atoms with E-state index in [0.29, 0.717) is 11.1 Å². The highest BCUT2D eigenvalue weighted by Crippen LogP contribution is 2.42. The first-order valence-corrected chi connectivity index (χ1v) is 9.72. The summed E-state index contributed by atoms with van der Waals surface area (Å²) >= 11 is 0. The third-order valence-corrected chi connectivity index (χ3v) is 4.94. The maximum Gasteiger partial charge on any atom is 0.573 e. The van der Waals surface area contributed by atoms with E-state index in [-0.39, 0.29) is 17.4 Å². The van der Waals surface area contributed by atoms with E-state index in [1.165, 1.54) is 6.07 Å². The number of hydrogen-bond donors (Lipinski definition) is 2. The molecular weight excluding hydrogens is 430 g/mol. The fraction of sp³-hybridized carbons (Fsp3) is 0.227. The molecule has 1 aliphatic rings. The van der Waals surface area contributed by atoms with Crippen LogP contribution in [-0.4, -0.2) is 22.2 Å². The van der Waals surface area contributed by atoms with Crippen LogP contribution in [0.2, 0.25) is 0 Å². The second kappa shape index (κ2) is 8.45. The van der Waals surface area contributed by atoms with Crippen LogP contribution in [0.3, 0.4) is 0 Å². The largest absolute Gasteiger partial charge is 0.573 e. The van der Waals surface area contributed by atoms with Crippen LogP contribution in [0.25, 0.3) is 11.4 Å². The Bertz CT molecular complexity index is 1190. The maximum atomic E-state index is 14.2. The van der Waals surface area contributed by atoms with Crippen molar-refractivity contribution in [2.45, 2.75) is 25.2 Å². The van der Waals surface area contributed by atoms with Crippen LogP contribution in [0.4, 0.5) is 17.6 Å². The van der Waals surface area contributed by atoms with E-state index < -0.39 is 35.4 Å². The summed E-state index contributed by atoms with van der Waals surface area (Å²) in [6, 6.07) is 12.2. The molecule has 32 heavy (non-hydrogen) atoms. The highest BCUT2D eigenvalue weighted by atomic mass is 19.4. The number of rotatable bonds is 6. The number of carbonyl (C=O) groups excluding carboxylic acids is 1. The second-order valence-electron chi connectivity index (χ2n) is 7.37. The number of amides is 1. The number of halogens is 4. The van der Waals surface area contributed by atoms with Gasteiger partial charge in [-0.1, -0.05) is 36.4 Å². The summed E-state index contributed by atoms with van der Waals surface area (Å²) in [5, 5.41) is 2.73. The Balaban J connectivity index is 1.58. The number of H-pyrrole nitrogens is 1. The van der Waals surface area contributed by atoms with Crippen molar-refractivity contribution in [3.8, 4) is 17.1 Å². The Kier molecular flexibility index (Phi) is 5.68. The van der Waals surface area contributed by atoms with Crippen molar-refractivity contribution in [3.05, 3.63) is 82.0 Å². The highest BCUT2D eigenvalue weighted by Gasteiger charge is 2.36. The van der Waals surface area contributed by atoms with Crippen molar-refractivity contribution < 1.29 is 27.1 Å². The molecule has 1 aliphatic carbocycles. The molecule has 2 N–H and O–H groups in total. The first-order valence-electron chi connectivity index (χ1n) is 9.72. The lowest BCUT2D eigenvalue weighted by atomic mass is 10.0. The van der Waals surface area contributed by atoms with Gasteiger partial charge >= 0.3 is 6.36 Å². The Morgan fingerprint density at radius 1 is 1.12 bits per heavy atom. The number of hydrogen-bond acceptors (Lipinski definition) is 4. The molecule has 166 valence electrons. The van der Waals surface area contributed by atoms with E-state index in [1.807, 2.05) is 0 Å². The van der Waals surface area contributed by atoms with Crippen LogP contribution in [0.15, 0.2) is 59.4 Å². The normalized spacial score (nSPS) is 14.6. The van der Waals surface area contributed by atoms with Crippen LogP contribution < -0.4 is 15.6 Å². The Morgan fingerprint density at radius 3 is 2.47 bits per heavy atom. The van der Waals surface area contributed by atoms with Gasteiger partial charge in [0.2, 0.25) is 0 Å². The molecule has 1 unspecified atom stereocenters. The summed E-state index contributed by atoms with van der Waals surface area (Å²) in [4.78, 5) is 31.7. The SMILES string of the molecule is O=C(NC(c1ccc(OC(F)(F)F)c(F)c1)C1CC1)c1cc(=O)[nH]c(-c2ccccc2)n1. The van der Waals surface area contributed by atoms with Gasteiger partial charge < -0.3 is 15.0 Å². The Morgan fingerprint density at radius 2 is 1.84 bits per heavy atom. The zero-order valence-corrected chi connectivity index (χ0v) is 16.4. The molecule has 1 aromatic heterocycles. The quantitative estimate of drug-likeness (QED) is 0.550. The molecule has 1 atom stereocenters. The van der Waals surface area contributed by atoms with Crippen LogP contribution in [0, 0.1) is 11.7 Å². The average molecular weight is 447 g/mol. The molecule has 1 amide bonds. The molecule has 0 spiro atoms. The minimum Gasteiger partial charge on any atom is -0.403 e. The van der Waals surface area contributed by atoms with Gasteiger partial charge in [-0.05, 0) is 36.5 Å². The minimum atomic E-state index is -5.02. The first kappa shape index (κ1) is 21.5. The van der Waals surface area contributed by atoms with Crippen molar-refractivity contribution in [1.29, 1.82) is 0 Å². The number of aromatic amines is 1. The molecule has 0 aliphatic heterocycles. The smallest absolute Gasteiger partial charge is 0.403 e. The molecule has 10 heteroatoms. The lowest BCUT2D eigenvalue weighted by Gasteiger charge is -2.20. The Labute approximate surface area is 179 Å². The van der Waals surface area contributed by atoms with E-state index in [9.17, 15) is 27.2 Å². The molecule has 0 radical (unpaired) electrons. The first-order chi connectivity index (χ1) is 15.2. The molecule has 1 fully saturated rings. The Hall–Kier alpha value is -3.69. The standard InChI is InChI=1S/C22H17F4N3O3/c23-15-10-14(8-9-17(15)32-22(24,25)26)19(12-6-7-12)29-21(31)16-11-18(30)28-20(27-16)13-4-2-1-3-5-13/h1-5,8-12,19H,6-7H2,(H,29,31)(H,27,28,30). The van der Waals surface area contributed by atoms with Crippen molar-refractivity contribution in [2.24, 2.45) is 5.92 Å². The predicted molar refractivity (Wildman–Crippen MR) is 106 cm³/mol. The zero-order chi connectivity index (χ0) is 22.9. The molecule has 6 nitrogen and oxygen atoms in total. The number of ether oxygens (including phenoxy) is 1. The van der Waals surface area contributed by atoms with Crippen LogP contribution in [0.1, 0.15) is 34.9 Å². The van der Waals surface area contributed by atoms with Gasteiger partial charge in [0, 0.05) is 11.6 Å². The van der Waals surface area contributed by atoms with Gasteiger partial charge in [-0.15, -0.1) is 13.2 Å². The number of aromatic nitrogens is 2. The van der Waals surface area contributed by atoms with Crippen molar-refractivity contribution in [2.75, 3.05) is 0 Å². The third-order valence-electron chi connectivity index (χ3n) is 4.94. The van der Waals surface area contributed by atoms with E-state index >= 15 is 0 Å². The summed E-state index contributed by atoms with van der Waals surface area (Å²) in [5.41, 5.74) is 0.253. The molecule has 4 rings (SSSR count). The summed E-state index contributed by atoms with van der Waals surface area (Å²) < 4.78 is 55.0. The van der Waals surface area contributed by atoms with Crippen LogP contribution in [0.5, 0.6) is 5.75 Å². The summed E-state index contributed by atoms with van der Waals surface area (Å²) in [7, 11) is 0. The van der Waals surface area contributed by atoms with Gasteiger partial charge in [0.15, 0.2) is 11.6 Å². The van der Waals surface area contributed by atoms with Crippen molar-refractivity contribution >= 4 is 5.91 Å². The highest BCUT2D eigenvalue weighted by molar-refractivity contribution is 5.92. The van der Waals surface area contributed by atoms with Crippen LogP contribution in [-0.2, 0) is 0 Å². The van der Waals surface area contributed by atoms with E-state index in [0.717, 1.165) is 31.0 Å². The molecule has 1 heterocycles.